The molecule has 1 aliphatic heterocycles. The quantitative estimate of drug-likeness (QED) is 0.471. The van der Waals surface area contributed by atoms with E-state index in [0.717, 1.165) is 10.9 Å². The van der Waals surface area contributed by atoms with Crippen LogP contribution in [0.1, 0.15) is 59.7 Å². The first kappa shape index (κ1) is 22.3. The van der Waals surface area contributed by atoms with E-state index in [1.165, 1.54) is 0 Å². The maximum Gasteiger partial charge on any atom is 0.268 e. The molecule has 0 aliphatic carbocycles. The number of amides is 3. The molecule has 3 rings (SSSR count). The van der Waals surface area contributed by atoms with Crippen LogP contribution in [-0.4, -0.2) is 48.4 Å². The van der Waals surface area contributed by atoms with Crippen molar-refractivity contribution in [2.24, 2.45) is 11.3 Å². The molecule has 3 amide bonds. The number of nitrogens with one attached hydrogen (secondary N) is 4. The molecule has 4 N–H and O–H groups in total. The van der Waals surface area contributed by atoms with Gasteiger partial charge in [-0.05, 0) is 49.3 Å². The topological polar surface area (TPSA) is 136 Å². The molecular formula is C25H33N5O4. The van der Waals surface area contributed by atoms with Crippen LogP contribution in [0.15, 0.2) is 24.3 Å². The molecule has 1 aromatic heterocycles. The zero-order valence-electron chi connectivity index (χ0n) is 22.0. The Kier molecular flexibility index (Phi) is 6.94. The van der Waals surface area contributed by atoms with Crippen LogP contribution in [0.3, 0.4) is 0 Å². The fourth-order valence-electron chi connectivity index (χ4n) is 4.04. The monoisotopic (exact) mass is 469 g/mol. The number of carbonyl (C=O) groups is 3. The summed E-state index contributed by atoms with van der Waals surface area (Å²) in [7, 11) is 1.55. The number of aromatic amines is 1. The Morgan fingerprint density at radius 2 is 2.12 bits per heavy atom. The van der Waals surface area contributed by atoms with E-state index in [2.05, 4.69) is 20.9 Å². The van der Waals surface area contributed by atoms with Gasteiger partial charge in [-0.15, -0.1) is 0 Å². The minimum absolute atomic E-state index is 0.0577. The van der Waals surface area contributed by atoms with Gasteiger partial charge in [-0.1, -0.05) is 26.8 Å². The van der Waals surface area contributed by atoms with Crippen molar-refractivity contribution in [3.05, 3.63) is 30.0 Å². The van der Waals surface area contributed by atoms with Crippen molar-refractivity contribution in [1.29, 1.82) is 5.26 Å². The molecular weight excluding hydrogens is 434 g/mol. The van der Waals surface area contributed by atoms with Crippen LogP contribution in [0, 0.1) is 22.7 Å². The molecule has 9 heteroatoms. The average Bonchev–Trinajstić information content (AvgIpc) is 3.23. The molecule has 0 radical (unpaired) electrons. The summed E-state index contributed by atoms with van der Waals surface area (Å²) in [4.78, 5) is 41.6. The van der Waals surface area contributed by atoms with Gasteiger partial charge in [-0.3, -0.25) is 14.4 Å². The number of hydrogen-bond donors (Lipinski definition) is 4. The first-order chi connectivity index (χ1) is 16.8. The van der Waals surface area contributed by atoms with E-state index in [4.69, 9.17) is 7.48 Å². The molecule has 0 unspecified atom stereocenters. The standard InChI is InChI=1S/C25H33N5O4/c1-25(2,3)13-20(24(33)28-16(14-26)11-15-7-6-10-27-22(15)31)30-23(32)19-12-17-18(29-19)8-5-9-21(17)34-4/h5,8-9,12,15-16,20,29H,6-7,10-11,13H2,1-4H3,(H,27,31)(H,28,33)(H,30,32)/t15-,16-,20-/m0/s1/i10D2. The van der Waals surface area contributed by atoms with Gasteiger partial charge in [0.2, 0.25) is 11.8 Å². The van der Waals surface area contributed by atoms with Crippen molar-refractivity contribution in [1.82, 2.24) is 20.9 Å². The van der Waals surface area contributed by atoms with E-state index in [9.17, 15) is 19.6 Å². The van der Waals surface area contributed by atoms with Crippen molar-refractivity contribution in [3.8, 4) is 11.8 Å². The summed E-state index contributed by atoms with van der Waals surface area (Å²) < 4.78 is 20.7. The van der Waals surface area contributed by atoms with Crippen LogP contribution < -0.4 is 20.7 Å². The lowest BCUT2D eigenvalue weighted by Gasteiger charge is -2.28. The molecule has 0 bridgehead atoms. The predicted molar refractivity (Wildman–Crippen MR) is 128 cm³/mol. The first-order valence-corrected chi connectivity index (χ1v) is 11.3. The smallest absolute Gasteiger partial charge is 0.268 e. The van der Waals surface area contributed by atoms with Gasteiger partial charge in [0.25, 0.3) is 5.91 Å². The van der Waals surface area contributed by atoms with Crippen LogP contribution in [0.25, 0.3) is 10.9 Å². The van der Waals surface area contributed by atoms with Crippen molar-refractivity contribution in [2.75, 3.05) is 13.6 Å². The van der Waals surface area contributed by atoms with Crippen LogP contribution in [0.2, 0.25) is 0 Å². The third kappa shape index (κ3) is 6.28. The van der Waals surface area contributed by atoms with E-state index in [-0.39, 0.29) is 30.4 Å². The molecule has 1 saturated heterocycles. The highest BCUT2D eigenvalue weighted by atomic mass is 16.5. The second kappa shape index (κ2) is 10.6. The number of hydrogen-bond acceptors (Lipinski definition) is 5. The van der Waals surface area contributed by atoms with E-state index in [1.54, 1.807) is 25.3 Å². The molecule has 0 saturated carbocycles. The molecule has 182 valence electrons. The van der Waals surface area contributed by atoms with Gasteiger partial charge in [0.15, 0.2) is 0 Å². The first-order valence-electron chi connectivity index (χ1n) is 12.3. The van der Waals surface area contributed by atoms with Crippen molar-refractivity contribution < 1.29 is 21.9 Å². The van der Waals surface area contributed by atoms with Crippen LogP contribution in [0.5, 0.6) is 5.75 Å². The molecule has 2 aromatic rings. The number of fused-ring (bicyclic) bond motifs is 1. The minimum atomic E-state index is -1.77. The molecule has 3 atom stereocenters. The van der Waals surface area contributed by atoms with Gasteiger partial charge < -0.3 is 25.7 Å². The molecule has 1 fully saturated rings. The molecule has 2 heterocycles. The molecule has 34 heavy (non-hydrogen) atoms. The maximum atomic E-state index is 13.2. The summed E-state index contributed by atoms with van der Waals surface area (Å²) in [6.07, 6.45) is 0.783. The number of rotatable bonds is 8. The van der Waals surface area contributed by atoms with Crippen LogP contribution in [0.4, 0.5) is 0 Å². The van der Waals surface area contributed by atoms with E-state index < -0.39 is 42.2 Å². The molecule has 9 nitrogen and oxygen atoms in total. The summed E-state index contributed by atoms with van der Waals surface area (Å²) in [5.74, 6) is -1.45. The van der Waals surface area contributed by atoms with Gasteiger partial charge in [0.1, 0.15) is 23.5 Å². The van der Waals surface area contributed by atoms with E-state index in [0.29, 0.717) is 12.2 Å². The SMILES string of the molecule is [2H]C1([2H])CC[C@@H](C[C@@H](C#N)NC(=O)[C@H](CC(C)(C)C)NC(=O)c2cc3c(OC)cccc3[nH]2)C(=O)N1. The maximum absolute atomic E-state index is 13.2. The van der Waals surface area contributed by atoms with Gasteiger partial charge in [-0.2, -0.15) is 5.26 Å². The van der Waals surface area contributed by atoms with Crippen LogP contribution in [-0.2, 0) is 9.59 Å². The number of aromatic nitrogens is 1. The highest BCUT2D eigenvalue weighted by Gasteiger charge is 2.31. The minimum Gasteiger partial charge on any atom is -0.496 e. The fourth-order valence-corrected chi connectivity index (χ4v) is 4.04. The zero-order chi connectivity index (χ0) is 26.7. The largest absolute Gasteiger partial charge is 0.496 e. The number of nitriles is 1. The third-order valence-corrected chi connectivity index (χ3v) is 5.72. The van der Waals surface area contributed by atoms with Gasteiger partial charge >= 0.3 is 0 Å². The lowest BCUT2D eigenvalue weighted by molar-refractivity contribution is -0.128. The Labute approximate surface area is 202 Å². The Bertz CT molecular complexity index is 1180. The number of benzene rings is 1. The van der Waals surface area contributed by atoms with Gasteiger partial charge in [0, 0.05) is 26.1 Å². The average molecular weight is 470 g/mol. The number of methoxy groups -OCH3 is 1. The van der Waals surface area contributed by atoms with Gasteiger partial charge in [0.05, 0.1) is 13.2 Å². The zero-order valence-corrected chi connectivity index (χ0v) is 20.0. The van der Waals surface area contributed by atoms with Crippen molar-refractivity contribution >= 4 is 28.6 Å². The number of H-pyrrole nitrogens is 1. The van der Waals surface area contributed by atoms with Crippen LogP contribution >= 0.6 is 0 Å². The highest BCUT2D eigenvalue weighted by molar-refractivity contribution is 6.01. The summed E-state index contributed by atoms with van der Waals surface area (Å²) in [5, 5.41) is 18.1. The number of ether oxygens (including phenoxy) is 1. The normalized spacial score (nSPS) is 20.2. The second-order valence-electron chi connectivity index (χ2n) is 9.72. The molecule has 1 aliphatic rings. The summed E-state index contributed by atoms with van der Waals surface area (Å²) in [5.41, 5.74) is 0.679. The number of nitrogens with zero attached hydrogens (tertiary/aromatic N) is 1. The Morgan fingerprint density at radius 1 is 1.35 bits per heavy atom. The van der Waals surface area contributed by atoms with Gasteiger partial charge in [-0.25, -0.2) is 0 Å². The predicted octanol–water partition coefficient (Wildman–Crippen LogP) is 2.64. The summed E-state index contributed by atoms with van der Waals surface area (Å²) in [6.45, 7) is 4.05. The van der Waals surface area contributed by atoms with Crippen molar-refractivity contribution in [2.45, 2.75) is 58.5 Å². The second-order valence-corrected chi connectivity index (χ2v) is 9.72. The van der Waals surface area contributed by atoms with E-state index >= 15 is 0 Å². The number of piperidine rings is 1. The Hall–Kier alpha value is -3.54. The lowest BCUT2D eigenvalue weighted by atomic mass is 9.87. The Balaban J connectivity index is 1.72. The summed E-state index contributed by atoms with van der Waals surface area (Å²) >= 11 is 0. The summed E-state index contributed by atoms with van der Waals surface area (Å²) in [6, 6.07) is 7.20. The molecule has 0 spiro atoms. The Morgan fingerprint density at radius 3 is 2.76 bits per heavy atom. The lowest BCUT2D eigenvalue weighted by Crippen LogP contribution is -2.51. The highest BCUT2D eigenvalue weighted by Crippen LogP contribution is 2.26. The van der Waals surface area contributed by atoms with E-state index in [1.807, 2.05) is 32.9 Å². The molecule has 1 aromatic carbocycles. The number of carbonyl (C=O) groups excluding carboxylic acids is 3. The third-order valence-electron chi connectivity index (χ3n) is 5.72. The fraction of sp³-hybridized carbons (Fsp3) is 0.520. The van der Waals surface area contributed by atoms with Crippen molar-refractivity contribution in [3.63, 3.8) is 0 Å².